The first kappa shape index (κ1) is 12.1. The third kappa shape index (κ3) is 3.07. The van der Waals surface area contributed by atoms with Gasteiger partial charge in [0.2, 0.25) is 5.91 Å². The van der Waals surface area contributed by atoms with Crippen LogP contribution in [0.25, 0.3) is 0 Å². The van der Waals surface area contributed by atoms with Crippen LogP contribution in [0.4, 0.5) is 0 Å². The molecule has 0 bridgehead atoms. The van der Waals surface area contributed by atoms with Crippen molar-refractivity contribution in [3.05, 3.63) is 35.9 Å². The molecule has 3 heteroatoms. The SMILES string of the molecule is NC1(C(=O)NCc2ccccc2)CCCCC1. The zero-order valence-corrected chi connectivity index (χ0v) is 10.1. The van der Waals surface area contributed by atoms with Crippen LogP contribution in [0.3, 0.4) is 0 Å². The van der Waals surface area contributed by atoms with Crippen molar-refractivity contribution in [3.63, 3.8) is 0 Å². The summed E-state index contributed by atoms with van der Waals surface area (Å²) in [4.78, 5) is 12.1. The molecule has 1 fully saturated rings. The van der Waals surface area contributed by atoms with Gasteiger partial charge >= 0.3 is 0 Å². The second-order valence-electron chi connectivity index (χ2n) is 4.89. The number of carbonyl (C=O) groups is 1. The number of nitrogens with two attached hydrogens (primary N) is 1. The van der Waals surface area contributed by atoms with Gasteiger partial charge < -0.3 is 11.1 Å². The number of benzene rings is 1. The van der Waals surface area contributed by atoms with Crippen LogP contribution < -0.4 is 11.1 Å². The molecule has 92 valence electrons. The van der Waals surface area contributed by atoms with Gasteiger partial charge in [-0.2, -0.15) is 0 Å². The lowest BCUT2D eigenvalue weighted by Gasteiger charge is -2.31. The third-order valence-corrected chi connectivity index (χ3v) is 3.49. The van der Waals surface area contributed by atoms with Crippen molar-refractivity contribution < 1.29 is 4.79 Å². The predicted molar refractivity (Wildman–Crippen MR) is 68.3 cm³/mol. The Balaban J connectivity index is 1.88. The molecule has 0 saturated heterocycles. The van der Waals surface area contributed by atoms with Gasteiger partial charge in [-0.1, -0.05) is 49.6 Å². The molecule has 3 nitrogen and oxygen atoms in total. The van der Waals surface area contributed by atoms with E-state index in [0.717, 1.165) is 31.2 Å². The molecular weight excluding hydrogens is 212 g/mol. The fraction of sp³-hybridized carbons (Fsp3) is 0.500. The van der Waals surface area contributed by atoms with E-state index in [2.05, 4.69) is 5.32 Å². The Labute approximate surface area is 102 Å². The Morgan fingerprint density at radius 2 is 1.82 bits per heavy atom. The van der Waals surface area contributed by atoms with Crippen LogP contribution in [-0.2, 0) is 11.3 Å². The number of hydrogen-bond acceptors (Lipinski definition) is 2. The average molecular weight is 232 g/mol. The third-order valence-electron chi connectivity index (χ3n) is 3.49. The first-order valence-corrected chi connectivity index (χ1v) is 6.32. The molecule has 2 rings (SSSR count). The van der Waals surface area contributed by atoms with Gasteiger partial charge in [-0.15, -0.1) is 0 Å². The number of hydrogen-bond donors (Lipinski definition) is 2. The van der Waals surface area contributed by atoms with Crippen LogP contribution in [0.1, 0.15) is 37.7 Å². The van der Waals surface area contributed by atoms with Crippen molar-refractivity contribution in [1.82, 2.24) is 5.32 Å². The van der Waals surface area contributed by atoms with Gasteiger partial charge in [0.05, 0.1) is 5.54 Å². The summed E-state index contributed by atoms with van der Waals surface area (Å²) in [5.74, 6) is 0.000975. The minimum atomic E-state index is -0.632. The lowest BCUT2D eigenvalue weighted by molar-refractivity contribution is -0.127. The molecule has 0 atom stereocenters. The number of nitrogens with one attached hydrogen (secondary N) is 1. The van der Waals surface area contributed by atoms with Gasteiger partial charge in [0.1, 0.15) is 0 Å². The highest BCUT2D eigenvalue weighted by Gasteiger charge is 2.34. The molecule has 0 aromatic heterocycles. The highest BCUT2D eigenvalue weighted by Crippen LogP contribution is 2.25. The van der Waals surface area contributed by atoms with Crippen molar-refractivity contribution in [2.45, 2.75) is 44.2 Å². The van der Waals surface area contributed by atoms with Gasteiger partial charge in [0.15, 0.2) is 0 Å². The Morgan fingerprint density at radius 3 is 2.47 bits per heavy atom. The second kappa shape index (κ2) is 5.32. The summed E-state index contributed by atoms with van der Waals surface area (Å²) in [7, 11) is 0. The molecule has 0 aliphatic heterocycles. The monoisotopic (exact) mass is 232 g/mol. The lowest BCUT2D eigenvalue weighted by Crippen LogP contribution is -2.54. The fourth-order valence-corrected chi connectivity index (χ4v) is 2.36. The van der Waals surface area contributed by atoms with Crippen LogP contribution >= 0.6 is 0 Å². The van der Waals surface area contributed by atoms with E-state index in [9.17, 15) is 4.79 Å². The number of carbonyl (C=O) groups excluding carboxylic acids is 1. The quantitative estimate of drug-likeness (QED) is 0.837. The summed E-state index contributed by atoms with van der Waals surface area (Å²) in [5.41, 5.74) is 6.63. The Morgan fingerprint density at radius 1 is 1.18 bits per heavy atom. The highest BCUT2D eigenvalue weighted by atomic mass is 16.2. The van der Waals surface area contributed by atoms with Crippen LogP contribution in [0.15, 0.2) is 30.3 Å². The lowest BCUT2D eigenvalue weighted by atomic mass is 9.82. The summed E-state index contributed by atoms with van der Waals surface area (Å²) < 4.78 is 0. The molecule has 0 spiro atoms. The Kier molecular flexibility index (Phi) is 3.79. The maximum absolute atomic E-state index is 12.1. The zero-order chi connectivity index (χ0) is 12.1. The molecule has 1 aliphatic carbocycles. The van der Waals surface area contributed by atoms with Crippen molar-refractivity contribution in [3.8, 4) is 0 Å². The molecular formula is C14H20N2O. The first-order valence-electron chi connectivity index (χ1n) is 6.32. The summed E-state index contributed by atoms with van der Waals surface area (Å²) in [5, 5.41) is 2.95. The molecule has 1 aromatic carbocycles. The average Bonchev–Trinajstić information content (AvgIpc) is 2.38. The van der Waals surface area contributed by atoms with E-state index in [-0.39, 0.29) is 5.91 Å². The summed E-state index contributed by atoms with van der Waals surface area (Å²) in [6, 6.07) is 9.92. The zero-order valence-electron chi connectivity index (χ0n) is 10.1. The molecule has 1 saturated carbocycles. The van der Waals surface area contributed by atoms with E-state index in [1.807, 2.05) is 30.3 Å². The normalized spacial score (nSPS) is 18.6. The molecule has 1 amide bonds. The van der Waals surface area contributed by atoms with Gasteiger partial charge in [0, 0.05) is 6.54 Å². The van der Waals surface area contributed by atoms with E-state index in [1.165, 1.54) is 6.42 Å². The minimum absolute atomic E-state index is 0.000975. The molecule has 3 N–H and O–H groups in total. The van der Waals surface area contributed by atoms with E-state index >= 15 is 0 Å². The number of rotatable bonds is 3. The van der Waals surface area contributed by atoms with Crippen LogP contribution in [-0.4, -0.2) is 11.4 Å². The van der Waals surface area contributed by atoms with Crippen LogP contribution in [0.5, 0.6) is 0 Å². The maximum Gasteiger partial charge on any atom is 0.240 e. The smallest absolute Gasteiger partial charge is 0.240 e. The Bertz CT molecular complexity index is 369. The van der Waals surface area contributed by atoms with E-state index < -0.39 is 5.54 Å². The maximum atomic E-state index is 12.1. The van der Waals surface area contributed by atoms with Gasteiger partial charge in [-0.3, -0.25) is 4.79 Å². The van der Waals surface area contributed by atoms with Gasteiger partial charge in [-0.05, 0) is 18.4 Å². The minimum Gasteiger partial charge on any atom is -0.350 e. The fourth-order valence-electron chi connectivity index (χ4n) is 2.36. The van der Waals surface area contributed by atoms with Crippen molar-refractivity contribution in [1.29, 1.82) is 0 Å². The van der Waals surface area contributed by atoms with Crippen LogP contribution in [0.2, 0.25) is 0 Å². The molecule has 0 radical (unpaired) electrons. The molecule has 17 heavy (non-hydrogen) atoms. The largest absolute Gasteiger partial charge is 0.350 e. The predicted octanol–water partition coefficient (Wildman–Crippen LogP) is 1.96. The summed E-state index contributed by atoms with van der Waals surface area (Å²) >= 11 is 0. The second-order valence-corrected chi connectivity index (χ2v) is 4.89. The summed E-state index contributed by atoms with van der Waals surface area (Å²) in [6.07, 6.45) is 4.96. The van der Waals surface area contributed by atoms with Crippen molar-refractivity contribution >= 4 is 5.91 Å². The van der Waals surface area contributed by atoms with E-state index in [0.29, 0.717) is 6.54 Å². The highest BCUT2D eigenvalue weighted by molar-refractivity contribution is 5.86. The number of amides is 1. The first-order chi connectivity index (χ1) is 8.21. The molecule has 0 unspecified atom stereocenters. The van der Waals surface area contributed by atoms with Crippen LogP contribution in [0, 0.1) is 0 Å². The van der Waals surface area contributed by atoms with E-state index in [4.69, 9.17) is 5.73 Å². The van der Waals surface area contributed by atoms with Crippen molar-refractivity contribution in [2.75, 3.05) is 0 Å². The Hall–Kier alpha value is -1.35. The molecule has 1 aromatic rings. The van der Waals surface area contributed by atoms with Gasteiger partial charge in [-0.25, -0.2) is 0 Å². The molecule has 1 aliphatic rings. The molecule has 0 heterocycles. The van der Waals surface area contributed by atoms with E-state index in [1.54, 1.807) is 0 Å². The summed E-state index contributed by atoms with van der Waals surface area (Å²) in [6.45, 7) is 0.568. The topological polar surface area (TPSA) is 55.1 Å². The van der Waals surface area contributed by atoms with Crippen molar-refractivity contribution in [2.24, 2.45) is 5.73 Å². The standard InChI is InChI=1S/C14H20N2O/c15-14(9-5-2-6-10-14)13(17)16-11-12-7-3-1-4-8-12/h1,3-4,7-8H,2,5-6,9-11,15H2,(H,16,17). The van der Waals surface area contributed by atoms with Gasteiger partial charge in [0.25, 0.3) is 0 Å².